The van der Waals surface area contributed by atoms with Gasteiger partial charge in [0.15, 0.2) is 0 Å². The third-order valence-electron chi connectivity index (χ3n) is 3.69. The van der Waals surface area contributed by atoms with Crippen LogP contribution in [0.15, 0.2) is 24.5 Å². The van der Waals surface area contributed by atoms with E-state index in [4.69, 9.17) is 0 Å². The van der Waals surface area contributed by atoms with Gasteiger partial charge in [-0.05, 0) is 56.4 Å². The Morgan fingerprint density at radius 3 is 2.95 bits per heavy atom. The SMILES string of the molecule is CC(C)n1ncnc1CNc1ccc2c(c1)CCC2. The molecule has 2 aromatic rings. The third kappa shape index (κ3) is 2.48. The highest BCUT2D eigenvalue weighted by Crippen LogP contribution is 2.25. The second-order valence-corrected chi connectivity index (χ2v) is 5.41. The summed E-state index contributed by atoms with van der Waals surface area (Å²) in [7, 11) is 0. The topological polar surface area (TPSA) is 42.7 Å². The fourth-order valence-corrected chi connectivity index (χ4v) is 2.69. The highest BCUT2D eigenvalue weighted by atomic mass is 15.3. The first kappa shape index (κ1) is 12.2. The number of rotatable bonds is 4. The molecule has 0 saturated heterocycles. The van der Waals surface area contributed by atoms with Crippen molar-refractivity contribution in [3.05, 3.63) is 41.5 Å². The molecular weight excluding hydrogens is 236 g/mol. The first-order valence-electron chi connectivity index (χ1n) is 6.98. The highest BCUT2D eigenvalue weighted by Gasteiger charge is 2.11. The molecule has 0 saturated carbocycles. The van der Waals surface area contributed by atoms with Crippen molar-refractivity contribution in [3.63, 3.8) is 0 Å². The van der Waals surface area contributed by atoms with Crippen LogP contribution >= 0.6 is 0 Å². The summed E-state index contributed by atoms with van der Waals surface area (Å²) in [5, 5.41) is 7.70. The van der Waals surface area contributed by atoms with Crippen molar-refractivity contribution < 1.29 is 0 Å². The van der Waals surface area contributed by atoms with E-state index in [-0.39, 0.29) is 0 Å². The molecule has 19 heavy (non-hydrogen) atoms. The molecule has 0 unspecified atom stereocenters. The highest BCUT2D eigenvalue weighted by molar-refractivity contribution is 5.50. The number of nitrogens with one attached hydrogen (secondary N) is 1. The Morgan fingerprint density at radius 2 is 2.11 bits per heavy atom. The Kier molecular flexibility index (Phi) is 3.23. The third-order valence-corrected chi connectivity index (χ3v) is 3.69. The molecule has 1 heterocycles. The fourth-order valence-electron chi connectivity index (χ4n) is 2.69. The maximum absolute atomic E-state index is 4.31. The molecule has 0 aliphatic heterocycles. The summed E-state index contributed by atoms with van der Waals surface area (Å²) in [4.78, 5) is 4.31. The van der Waals surface area contributed by atoms with Gasteiger partial charge >= 0.3 is 0 Å². The summed E-state index contributed by atoms with van der Waals surface area (Å²) in [6, 6.07) is 7.04. The lowest BCUT2D eigenvalue weighted by atomic mass is 10.1. The second kappa shape index (κ2) is 5.03. The predicted molar refractivity (Wildman–Crippen MR) is 76.2 cm³/mol. The number of hydrogen-bond acceptors (Lipinski definition) is 3. The van der Waals surface area contributed by atoms with E-state index in [1.165, 1.54) is 36.1 Å². The lowest BCUT2D eigenvalue weighted by molar-refractivity contribution is 0.509. The molecule has 100 valence electrons. The van der Waals surface area contributed by atoms with Gasteiger partial charge in [0.1, 0.15) is 12.2 Å². The van der Waals surface area contributed by atoms with Crippen molar-refractivity contribution in [2.24, 2.45) is 0 Å². The van der Waals surface area contributed by atoms with Gasteiger partial charge in [0.2, 0.25) is 0 Å². The molecule has 3 rings (SSSR count). The number of aryl methyl sites for hydroxylation is 2. The monoisotopic (exact) mass is 256 g/mol. The quantitative estimate of drug-likeness (QED) is 0.914. The van der Waals surface area contributed by atoms with Gasteiger partial charge in [0, 0.05) is 11.7 Å². The number of hydrogen-bond donors (Lipinski definition) is 1. The molecule has 4 nitrogen and oxygen atoms in total. The summed E-state index contributed by atoms with van der Waals surface area (Å²) < 4.78 is 1.96. The molecule has 0 radical (unpaired) electrons. The number of nitrogens with zero attached hydrogens (tertiary/aromatic N) is 3. The average molecular weight is 256 g/mol. The van der Waals surface area contributed by atoms with E-state index in [1.807, 2.05) is 4.68 Å². The van der Waals surface area contributed by atoms with Crippen molar-refractivity contribution in [2.75, 3.05) is 5.32 Å². The van der Waals surface area contributed by atoms with Gasteiger partial charge in [-0.15, -0.1) is 0 Å². The van der Waals surface area contributed by atoms with E-state index >= 15 is 0 Å². The fraction of sp³-hybridized carbons (Fsp3) is 0.467. The van der Waals surface area contributed by atoms with E-state index in [9.17, 15) is 0 Å². The Hall–Kier alpha value is -1.84. The largest absolute Gasteiger partial charge is 0.378 e. The summed E-state index contributed by atoms with van der Waals surface area (Å²) in [6.07, 6.45) is 5.37. The Labute approximate surface area is 113 Å². The van der Waals surface area contributed by atoms with Gasteiger partial charge in [-0.25, -0.2) is 9.67 Å². The van der Waals surface area contributed by atoms with Crippen LogP contribution in [-0.4, -0.2) is 14.8 Å². The van der Waals surface area contributed by atoms with Gasteiger partial charge in [-0.1, -0.05) is 6.07 Å². The number of benzene rings is 1. The van der Waals surface area contributed by atoms with Crippen LogP contribution in [0.3, 0.4) is 0 Å². The number of anilines is 1. The van der Waals surface area contributed by atoms with E-state index in [1.54, 1.807) is 6.33 Å². The first-order valence-corrected chi connectivity index (χ1v) is 6.98. The van der Waals surface area contributed by atoms with Crippen LogP contribution in [0.1, 0.15) is 43.3 Å². The van der Waals surface area contributed by atoms with E-state index in [2.05, 4.69) is 47.4 Å². The maximum atomic E-state index is 4.31. The summed E-state index contributed by atoms with van der Waals surface area (Å²) >= 11 is 0. The minimum Gasteiger partial charge on any atom is -0.378 e. The zero-order valence-electron chi connectivity index (χ0n) is 11.6. The minimum atomic E-state index is 0.347. The summed E-state index contributed by atoms with van der Waals surface area (Å²) in [5.74, 6) is 0.982. The van der Waals surface area contributed by atoms with Crippen LogP contribution < -0.4 is 5.32 Å². The molecule has 0 atom stereocenters. The molecule has 0 amide bonds. The Balaban J connectivity index is 1.70. The molecule has 0 fully saturated rings. The van der Waals surface area contributed by atoms with E-state index in [0.717, 1.165) is 12.4 Å². The summed E-state index contributed by atoms with van der Waals surface area (Å²) in [5.41, 5.74) is 4.19. The molecule has 0 spiro atoms. The molecule has 1 aliphatic carbocycles. The van der Waals surface area contributed by atoms with Crippen molar-refractivity contribution in [3.8, 4) is 0 Å². The van der Waals surface area contributed by atoms with E-state index in [0.29, 0.717) is 6.04 Å². The second-order valence-electron chi connectivity index (χ2n) is 5.41. The summed E-state index contributed by atoms with van der Waals surface area (Å²) in [6.45, 7) is 4.96. The smallest absolute Gasteiger partial charge is 0.146 e. The molecule has 1 aromatic heterocycles. The predicted octanol–water partition coefficient (Wildman–Crippen LogP) is 2.96. The van der Waals surface area contributed by atoms with Crippen molar-refractivity contribution in [2.45, 2.75) is 45.7 Å². The van der Waals surface area contributed by atoms with Crippen LogP contribution in [0.25, 0.3) is 0 Å². The average Bonchev–Trinajstić information content (AvgIpc) is 3.04. The zero-order valence-corrected chi connectivity index (χ0v) is 11.6. The standard InChI is InChI=1S/C15H20N4/c1-11(2)19-15(17-10-18-19)9-16-14-7-6-12-4-3-5-13(12)8-14/h6-8,10-11,16H,3-5,9H2,1-2H3. The van der Waals surface area contributed by atoms with Crippen LogP contribution in [0.2, 0.25) is 0 Å². The number of fused-ring (bicyclic) bond motifs is 1. The van der Waals surface area contributed by atoms with Gasteiger partial charge in [-0.2, -0.15) is 5.10 Å². The first-order chi connectivity index (χ1) is 9.24. The molecule has 1 N–H and O–H groups in total. The van der Waals surface area contributed by atoms with Gasteiger partial charge in [0.05, 0.1) is 6.54 Å². The van der Waals surface area contributed by atoms with Crippen molar-refractivity contribution >= 4 is 5.69 Å². The zero-order chi connectivity index (χ0) is 13.2. The van der Waals surface area contributed by atoms with Crippen LogP contribution in [0, 0.1) is 0 Å². The van der Waals surface area contributed by atoms with Gasteiger partial charge in [0.25, 0.3) is 0 Å². The molecular formula is C15H20N4. The van der Waals surface area contributed by atoms with Gasteiger partial charge < -0.3 is 5.32 Å². The van der Waals surface area contributed by atoms with Crippen LogP contribution in [-0.2, 0) is 19.4 Å². The van der Waals surface area contributed by atoms with E-state index < -0.39 is 0 Å². The lowest BCUT2D eigenvalue weighted by Crippen LogP contribution is -2.12. The van der Waals surface area contributed by atoms with Crippen LogP contribution in [0.5, 0.6) is 0 Å². The van der Waals surface area contributed by atoms with Crippen molar-refractivity contribution in [1.29, 1.82) is 0 Å². The van der Waals surface area contributed by atoms with Crippen LogP contribution in [0.4, 0.5) is 5.69 Å². The molecule has 1 aliphatic rings. The Morgan fingerprint density at radius 1 is 1.26 bits per heavy atom. The number of aromatic nitrogens is 3. The van der Waals surface area contributed by atoms with Gasteiger partial charge in [-0.3, -0.25) is 0 Å². The Bertz CT molecular complexity index is 571. The lowest BCUT2D eigenvalue weighted by Gasteiger charge is -2.11. The molecule has 0 bridgehead atoms. The molecule has 1 aromatic carbocycles. The molecule has 4 heteroatoms. The minimum absolute atomic E-state index is 0.347. The maximum Gasteiger partial charge on any atom is 0.146 e. The van der Waals surface area contributed by atoms with Crippen molar-refractivity contribution in [1.82, 2.24) is 14.8 Å². The normalized spacial score (nSPS) is 13.8.